The first-order valence-electron chi connectivity index (χ1n) is 4.34. The van der Waals surface area contributed by atoms with Crippen LogP contribution in [-0.4, -0.2) is 11.4 Å². The molecule has 70 valence electrons. The van der Waals surface area contributed by atoms with E-state index >= 15 is 0 Å². The van der Waals surface area contributed by atoms with Gasteiger partial charge in [0.15, 0.2) is 0 Å². The third-order valence-electron chi connectivity index (χ3n) is 2.10. The third-order valence-corrected chi connectivity index (χ3v) is 2.10. The van der Waals surface area contributed by atoms with Gasteiger partial charge in [-0.05, 0) is 25.0 Å². The first-order valence-corrected chi connectivity index (χ1v) is 4.34. The fraction of sp³-hybridized carbons (Fsp3) is 0.364. The van der Waals surface area contributed by atoms with Crippen molar-refractivity contribution in [2.24, 2.45) is 0 Å². The van der Waals surface area contributed by atoms with E-state index in [2.05, 4.69) is 0 Å². The average Bonchev–Trinajstić information content (AvgIpc) is 2.04. The average molecular weight is 178 g/mol. The monoisotopic (exact) mass is 178 g/mol. The van der Waals surface area contributed by atoms with Crippen LogP contribution in [0.2, 0.25) is 0 Å². The van der Waals surface area contributed by atoms with Crippen LogP contribution >= 0.6 is 0 Å². The Balaban J connectivity index is 2.94. The van der Waals surface area contributed by atoms with Gasteiger partial charge in [0.2, 0.25) is 0 Å². The van der Waals surface area contributed by atoms with Gasteiger partial charge in [-0.2, -0.15) is 0 Å². The van der Waals surface area contributed by atoms with Crippen molar-refractivity contribution in [3.63, 3.8) is 0 Å². The van der Waals surface area contributed by atoms with E-state index in [0.29, 0.717) is 0 Å². The molecule has 0 bridgehead atoms. The zero-order valence-electron chi connectivity index (χ0n) is 7.95. The maximum atomic E-state index is 10.2. The SMILES string of the molecule is Cc1ccc(C(O)CC=O)c(C)c1. The molecule has 0 spiro atoms. The molecular weight excluding hydrogens is 164 g/mol. The first kappa shape index (κ1) is 9.93. The van der Waals surface area contributed by atoms with E-state index in [4.69, 9.17) is 0 Å². The predicted molar refractivity (Wildman–Crippen MR) is 51.6 cm³/mol. The smallest absolute Gasteiger partial charge is 0.122 e. The molecular formula is C11H14O2. The molecule has 13 heavy (non-hydrogen) atoms. The van der Waals surface area contributed by atoms with E-state index in [0.717, 1.165) is 17.4 Å². The Morgan fingerprint density at radius 3 is 2.69 bits per heavy atom. The van der Waals surface area contributed by atoms with Gasteiger partial charge in [-0.15, -0.1) is 0 Å². The summed E-state index contributed by atoms with van der Waals surface area (Å²) < 4.78 is 0. The fourth-order valence-corrected chi connectivity index (χ4v) is 1.42. The maximum absolute atomic E-state index is 10.2. The van der Waals surface area contributed by atoms with Crippen molar-refractivity contribution in [1.82, 2.24) is 0 Å². The number of aliphatic hydroxyl groups is 1. The van der Waals surface area contributed by atoms with Gasteiger partial charge in [-0.1, -0.05) is 23.8 Å². The van der Waals surface area contributed by atoms with Crippen LogP contribution in [0.4, 0.5) is 0 Å². The number of carbonyl (C=O) groups excluding carboxylic acids is 1. The summed E-state index contributed by atoms with van der Waals surface area (Å²) in [6, 6.07) is 5.82. The fourth-order valence-electron chi connectivity index (χ4n) is 1.42. The molecule has 0 saturated carbocycles. The molecule has 1 unspecified atom stereocenters. The summed E-state index contributed by atoms with van der Waals surface area (Å²) in [5, 5.41) is 9.56. The molecule has 1 aromatic rings. The van der Waals surface area contributed by atoms with Crippen molar-refractivity contribution in [2.75, 3.05) is 0 Å². The van der Waals surface area contributed by atoms with Gasteiger partial charge in [0.05, 0.1) is 6.10 Å². The Morgan fingerprint density at radius 2 is 2.15 bits per heavy atom. The quantitative estimate of drug-likeness (QED) is 0.718. The molecule has 0 aliphatic carbocycles. The largest absolute Gasteiger partial charge is 0.388 e. The molecule has 0 aliphatic rings. The zero-order valence-corrected chi connectivity index (χ0v) is 7.95. The van der Waals surface area contributed by atoms with Crippen molar-refractivity contribution in [3.8, 4) is 0 Å². The number of aryl methyl sites for hydroxylation is 2. The number of aldehydes is 1. The molecule has 1 N–H and O–H groups in total. The second kappa shape index (κ2) is 4.19. The van der Waals surface area contributed by atoms with Gasteiger partial charge < -0.3 is 9.90 Å². The van der Waals surface area contributed by atoms with Crippen LogP contribution in [0, 0.1) is 13.8 Å². The van der Waals surface area contributed by atoms with Crippen molar-refractivity contribution in [2.45, 2.75) is 26.4 Å². The molecule has 1 aromatic carbocycles. The van der Waals surface area contributed by atoms with Crippen LogP contribution < -0.4 is 0 Å². The lowest BCUT2D eigenvalue weighted by Crippen LogP contribution is -2.00. The van der Waals surface area contributed by atoms with Gasteiger partial charge in [0.1, 0.15) is 6.29 Å². The predicted octanol–water partition coefficient (Wildman–Crippen LogP) is 1.93. The highest BCUT2D eigenvalue weighted by molar-refractivity contribution is 5.51. The summed E-state index contributed by atoms with van der Waals surface area (Å²) in [6.07, 6.45) is 0.256. The molecule has 0 radical (unpaired) electrons. The molecule has 1 atom stereocenters. The minimum Gasteiger partial charge on any atom is -0.388 e. The molecule has 0 fully saturated rings. The lowest BCUT2D eigenvalue weighted by Gasteiger charge is -2.11. The van der Waals surface area contributed by atoms with Gasteiger partial charge in [-0.3, -0.25) is 0 Å². The Kier molecular flexibility index (Phi) is 3.20. The standard InChI is InChI=1S/C11H14O2/c1-8-3-4-10(9(2)7-8)11(13)5-6-12/h3-4,6-7,11,13H,5H2,1-2H3. The molecule has 0 aliphatic heterocycles. The van der Waals surface area contributed by atoms with Crippen LogP contribution in [-0.2, 0) is 4.79 Å². The lowest BCUT2D eigenvalue weighted by molar-refractivity contribution is -0.109. The Morgan fingerprint density at radius 1 is 1.46 bits per heavy atom. The molecule has 0 heterocycles. The van der Waals surface area contributed by atoms with Gasteiger partial charge in [0, 0.05) is 6.42 Å². The van der Waals surface area contributed by atoms with Crippen LogP contribution in [0.25, 0.3) is 0 Å². The van der Waals surface area contributed by atoms with E-state index in [1.54, 1.807) is 0 Å². The third kappa shape index (κ3) is 2.39. The highest BCUT2D eigenvalue weighted by atomic mass is 16.3. The topological polar surface area (TPSA) is 37.3 Å². The number of rotatable bonds is 3. The van der Waals surface area contributed by atoms with Gasteiger partial charge >= 0.3 is 0 Å². The second-order valence-corrected chi connectivity index (χ2v) is 3.28. The minimum absolute atomic E-state index is 0.171. The van der Waals surface area contributed by atoms with Gasteiger partial charge in [0.25, 0.3) is 0 Å². The molecule has 0 saturated heterocycles. The highest BCUT2D eigenvalue weighted by Crippen LogP contribution is 2.20. The van der Waals surface area contributed by atoms with E-state index in [1.807, 2.05) is 32.0 Å². The summed E-state index contributed by atoms with van der Waals surface area (Å²) in [5.41, 5.74) is 3.05. The van der Waals surface area contributed by atoms with Crippen LogP contribution in [0.5, 0.6) is 0 Å². The Labute approximate surface area is 78.2 Å². The lowest BCUT2D eigenvalue weighted by atomic mass is 10.00. The van der Waals surface area contributed by atoms with Crippen LogP contribution in [0.1, 0.15) is 29.2 Å². The number of carbonyl (C=O) groups is 1. The number of hydrogen-bond acceptors (Lipinski definition) is 2. The summed E-state index contributed by atoms with van der Waals surface area (Å²) in [7, 11) is 0. The zero-order chi connectivity index (χ0) is 9.84. The number of hydrogen-bond donors (Lipinski definition) is 1. The van der Waals surface area contributed by atoms with Crippen molar-refractivity contribution >= 4 is 6.29 Å². The molecule has 2 nitrogen and oxygen atoms in total. The number of aliphatic hydroxyl groups excluding tert-OH is 1. The van der Waals surface area contributed by atoms with E-state index in [-0.39, 0.29) is 6.42 Å². The highest BCUT2D eigenvalue weighted by Gasteiger charge is 2.08. The molecule has 2 heteroatoms. The second-order valence-electron chi connectivity index (χ2n) is 3.28. The molecule has 0 amide bonds. The number of benzene rings is 1. The Bertz CT molecular complexity index is 305. The van der Waals surface area contributed by atoms with E-state index in [1.165, 1.54) is 5.56 Å². The summed E-state index contributed by atoms with van der Waals surface area (Å²) >= 11 is 0. The first-order chi connectivity index (χ1) is 6.15. The summed E-state index contributed by atoms with van der Waals surface area (Å²) in [5.74, 6) is 0. The van der Waals surface area contributed by atoms with Crippen LogP contribution in [0.15, 0.2) is 18.2 Å². The summed E-state index contributed by atoms with van der Waals surface area (Å²) in [6.45, 7) is 3.94. The van der Waals surface area contributed by atoms with Crippen molar-refractivity contribution < 1.29 is 9.90 Å². The van der Waals surface area contributed by atoms with Crippen LogP contribution in [0.3, 0.4) is 0 Å². The minimum atomic E-state index is -0.655. The van der Waals surface area contributed by atoms with E-state index < -0.39 is 6.10 Å². The Hall–Kier alpha value is -1.15. The molecule has 0 aromatic heterocycles. The van der Waals surface area contributed by atoms with Crippen molar-refractivity contribution in [3.05, 3.63) is 34.9 Å². The van der Waals surface area contributed by atoms with E-state index in [9.17, 15) is 9.90 Å². The summed E-state index contributed by atoms with van der Waals surface area (Å²) in [4.78, 5) is 10.2. The molecule has 1 rings (SSSR count). The van der Waals surface area contributed by atoms with Gasteiger partial charge in [-0.25, -0.2) is 0 Å². The maximum Gasteiger partial charge on any atom is 0.122 e. The van der Waals surface area contributed by atoms with Crippen molar-refractivity contribution in [1.29, 1.82) is 0 Å². The normalized spacial score (nSPS) is 12.5.